The molecule has 0 aromatic carbocycles. The average molecular weight is 362 g/mol. The van der Waals surface area contributed by atoms with Crippen molar-refractivity contribution in [1.29, 1.82) is 0 Å². The molecule has 0 saturated heterocycles. The molecule has 0 radical (unpaired) electrons. The smallest absolute Gasteiger partial charge is 0.264 e. The van der Waals surface area contributed by atoms with Crippen LogP contribution in [0.1, 0.15) is 50.0 Å². The van der Waals surface area contributed by atoms with E-state index in [-0.39, 0.29) is 5.56 Å². The van der Waals surface area contributed by atoms with Gasteiger partial charge in [0.2, 0.25) is 0 Å². The minimum absolute atomic E-state index is 0.0359. The van der Waals surface area contributed by atoms with Crippen LogP contribution in [0, 0.1) is 9.49 Å². The van der Waals surface area contributed by atoms with Crippen LogP contribution in [-0.2, 0) is 11.3 Å². The summed E-state index contributed by atoms with van der Waals surface area (Å²) >= 11 is 2.03. The number of hydrogen-bond donors (Lipinski definition) is 1. The molecular formula is C13H19IN2O2. The molecule has 1 heterocycles. The predicted octanol–water partition coefficient (Wildman–Crippen LogP) is 2.81. The van der Waals surface area contributed by atoms with Crippen LogP contribution >= 0.6 is 22.6 Å². The molecule has 18 heavy (non-hydrogen) atoms. The zero-order chi connectivity index (χ0) is 13.1. The number of nitrogens with zero attached hydrogens (tertiary/aromatic N) is 1. The Morgan fingerprint density at radius 3 is 2.67 bits per heavy atom. The van der Waals surface area contributed by atoms with E-state index in [4.69, 9.17) is 4.74 Å². The lowest BCUT2D eigenvalue weighted by molar-refractivity contribution is 0.180. The van der Waals surface area contributed by atoms with Gasteiger partial charge in [-0.3, -0.25) is 4.79 Å². The first-order valence-corrected chi connectivity index (χ1v) is 7.47. The summed E-state index contributed by atoms with van der Waals surface area (Å²) in [6, 6.07) is 0. The van der Waals surface area contributed by atoms with E-state index in [1.54, 1.807) is 7.11 Å². The molecule has 5 heteroatoms. The number of halogens is 1. The van der Waals surface area contributed by atoms with Crippen LogP contribution in [0.2, 0.25) is 0 Å². The quantitative estimate of drug-likeness (QED) is 0.842. The molecule has 4 nitrogen and oxygen atoms in total. The van der Waals surface area contributed by atoms with Gasteiger partial charge in [-0.25, -0.2) is 4.98 Å². The van der Waals surface area contributed by atoms with E-state index < -0.39 is 0 Å². The first-order chi connectivity index (χ1) is 8.61. The van der Waals surface area contributed by atoms with Gasteiger partial charge < -0.3 is 9.72 Å². The normalized spacial score (nSPS) is 24.2. The second-order valence-corrected chi connectivity index (χ2v) is 6.18. The van der Waals surface area contributed by atoms with E-state index in [1.165, 1.54) is 12.8 Å². The van der Waals surface area contributed by atoms with Gasteiger partial charge in [0.1, 0.15) is 9.39 Å². The summed E-state index contributed by atoms with van der Waals surface area (Å²) in [5.41, 5.74) is 0.724. The maximum absolute atomic E-state index is 11.9. The van der Waals surface area contributed by atoms with E-state index in [1.807, 2.05) is 22.6 Å². The molecule has 1 aromatic rings. The van der Waals surface area contributed by atoms with Crippen LogP contribution in [0.25, 0.3) is 0 Å². The third-order valence-corrected chi connectivity index (χ3v) is 4.75. The molecule has 1 aliphatic carbocycles. The number of hydrogen-bond acceptors (Lipinski definition) is 3. The van der Waals surface area contributed by atoms with Gasteiger partial charge in [-0.1, -0.05) is 19.8 Å². The summed E-state index contributed by atoms with van der Waals surface area (Å²) in [5, 5.41) is 0. The number of nitrogens with one attached hydrogen (secondary N) is 1. The van der Waals surface area contributed by atoms with Crippen molar-refractivity contribution in [2.24, 2.45) is 5.92 Å². The molecule has 100 valence electrons. The molecule has 1 aliphatic rings. The van der Waals surface area contributed by atoms with E-state index in [0.717, 1.165) is 30.3 Å². The van der Waals surface area contributed by atoms with Gasteiger partial charge in [-0.15, -0.1) is 0 Å². The fraction of sp³-hybridized carbons (Fsp3) is 0.692. The summed E-state index contributed by atoms with van der Waals surface area (Å²) in [5.74, 6) is 2.05. The highest BCUT2D eigenvalue weighted by Gasteiger charge is 2.22. The van der Waals surface area contributed by atoms with Gasteiger partial charge in [0.15, 0.2) is 0 Å². The van der Waals surface area contributed by atoms with Gasteiger partial charge in [-0.2, -0.15) is 0 Å². The van der Waals surface area contributed by atoms with Gasteiger partial charge >= 0.3 is 0 Å². The number of H-pyrrole nitrogens is 1. The van der Waals surface area contributed by atoms with E-state index in [9.17, 15) is 4.79 Å². The molecule has 0 unspecified atom stereocenters. The van der Waals surface area contributed by atoms with E-state index >= 15 is 0 Å². The minimum atomic E-state index is -0.0359. The number of rotatable bonds is 3. The van der Waals surface area contributed by atoms with Crippen molar-refractivity contribution in [2.75, 3.05) is 7.11 Å². The van der Waals surface area contributed by atoms with Gasteiger partial charge in [0, 0.05) is 13.0 Å². The number of aromatic amines is 1. The Kier molecular flexibility index (Phi) is 4.77. The molecule has 0 amide bonds. The zero-order valence-electron chi connectivity index (χ0n) is 10.8. The van der Waals surface area contributed by atoms with E-state index in [2.05, 4.69) is 16.9 Å². The third-order valence-electron chi connectivity index (χ3n) is 3.63. The second-order valence-electron chi connectivity index (χ2n) is 5.10. The maximum Gasteiger partial charge on any atom is 0.264 e. The first kappa shape index (κ1) is 14.0. The molecule has 2 rings (SSSR count). The van der Waals surface area contributed by atoms with Crippen LogP contribution in [0.4, 0.5) is 0 Å². The molecule has 1 N–H and O–H groups in total. The molecule has 0 atom stereocenters. The Hall–Kier alpha value is -0.430. The maximum atomic E-state index is 11.9. The van der Waals surface area contributed by atoms with Crippen LogP contribution in [-0.4, -0.2) is 17.1 Å². The van der Waals surface area contributed by atoms with Gasteiger partial charge in [0.25, 0.3) is 5.56 Å². The average Bonchev–Trinajstić information content (AvgIpc) is 2.36. The fourth-order valence-corrected chi connectivity index (χ4v) is 2.90. The molecule has 0 spiro atoms. The highest BCUT2D eigenvalue weighted by molar-refractivity contribution is 14.1. The highest BCUT2D eigenvalue weighted by Crippen LogP contribution is 2.33. The Labute approximate surface area is 121 Å². The Morgan fingerprint density at radius 1 is 1.39 bits per heavy atom. The molecule has 0 aliphatic heterocycles. The van der Waals surface area contributed by atoms with Crippen molar-refractivity contribution in [3.05, 3.63) is 25.4 Å². The lowest BCUT2D eigenvalue weighted by Gasteiger charge is -2.25. The van der Waals surface area contributed by atoms with Gasteiger partial charge in [-0.05, 0) is 41.4 Å². The summed E-state index contributed by atoms with van der Waals surface area (Å²) < 4.78 is 5.74. The van der Waals surface area contributed by atoms with Crippen molar-refractivity contribution in [1.82, 2.24) is 9.97 Å². The van der Waals surface area contributed by atoms with E-state index in [0.29, 0.717) is 16.1 Å². The largest absolute Gasteiger partial charge is 0.378 e. The number of ether oxygens (including phenoxy) is 1. The SMILES string of the molecule is COCc1nc(C2CCC(C)CC2)[nH]c(=O)c1I. The third kappa shape index (κ3) is 3.12. The van der Waals surface area contributed by atoms with Crippen molar-refractivity contribution < 1.29 is 4.74 Å². The lowest BCUT2D eigenvalue weighted by Crippen LogP contribution is -2.22. The zero-order valence-corrected chi connectivity index (χ0v) is 13.0. The molecule has 1 fully saturated rings. The Bertz CT molecular complexity index is 465. The highest BCUT2D eigenvalue weighted by atomic mass is 127. The summed E-state index contributed by atoms with van der Waals surface area (Å²) in [7, 11) is 1.63. The Balaban J connectivity index is 2.25. The molecule has 0 bridgehead atoms. The summed E-state index contributed by atoms with van der Waals surface area (Å²) in [6.07, 6.45) is 4.69. The van der Waals surface area contributed by atoms with Crippen LogP contribution in [0.3, 0.4) is 0 Å². The van der Waals surface area contributed by atoms with Crippen LogP contribution in [0.5, 0.6) is 0 Å². The predicted molar refractivity (Wildman–Crippen MR) is 78.7 cm³/mol. The summed E-state index contributed by atoms with van der Waals surface area (Å²) in [6.45, 7) is 2.69. The Morgan fingerprint density at radius 2 is 2.06 bits per heavy atom. The topological polar surface area (TPSA) is 55.0 Å². The van der Waals surface area contributed by atoms with Gasteiger partial charge in [0.05, 0.1) is 12.3 Å². The standard InChI is InChI=1S/C13H19IN2O2/c1-8-3-5-9(6-4-8)12-15-10(7-18-2)11(14)13(17)16-12/h8-9H,3-7H2,1-2H3,(H,15,16,17). The number of aromatic nitrogens is 2. The van der Waals surface area contributed by atoms with Crippen molar-refractivity contribution >= 4 is 22.6 Å². The second kappa shape index (κ2) is 6.14. The molecule has 1 saturated carbocycles. The number of methoxy groups -OCH3 is 1. The van der Waals surface area contributed by atoms with Crippen molar-refractivity contribution in [3.63, 3.8) is 0 Å². The molecular weight excluding hydrogens is 343 g/mol. The monoisotopic (exact) mass is 362 g/mol. The van der Waals surface area contributed by atoms with Crippen molar-refractivity contribution in [3.8, 4) is 0 Å². The summed E-state index contributed by atoms with van der Waals surface area (Å²) in [4.78, 5) is 19.4. The fourth-order valence-electron chi connectivity index (χ4n) is 2.48. The first-order valence-electron chi connectivity index (χ1n) is 6.39. The van der Waals surface area contributed by atoms with Crippen LogP contribution < -0.4 is 5.56 Å². The lowest BCUT2D eigenvalue weighted by atomic mass is 9.82. The van der Waals surface area contributed by atoms with Crippen molar-refractivity contribution in [2.45, 2.75) is 45.1 Å². The van der Waals surface area contributed by atoms with Crippen LogP contribution in [0.15, 0.2) is 4.79 Å². The molecule has 1 aromatic heterocycles. The minimum Gasteiger partial charge on any atom is -0.378 e.